The first kappa shape index (κ1) is 18.8. The summed E-state index contributed by atoms with van der Waals surface area (Å²) in [6.07, 6.45) is 0. The van der Waals surface area contributed by atoms with Crippen LogP contribution in [-0.2, 0) is 11.4 Å². The molecule has 3 aromatic rings. The molecule has 27 heavy (non-hydrogen) atoms. The molecule has 0 aliphatic heterocycles. The molecule has 0 radical (unpaired) electrons. The lowest BCUT2D eigenvalue weighted by atomic mass is 10.2. The van der Waals surface area contributed by atoms with Crippen molar-refractivity contribution in [3.8, 4) is 11.5 Å². The van der Waals surface area contributed by atoms with Crippen LogP contribution in [-0.4, -0.2) is 29.0 Å². The van der Waals surface area contributed by atoms with E-state index in [-0.39, 0.29) is 18.3 Å². The number of aromatic nitrogens is 2. The molecule has 0 saturated carbocycles. The highest BCUT2D eigenvalue weighted by Gasteiger charge is 2.10. The van der Waals surface area contributed by atoms with E-state index in [9.17, 15) is 4.79 Å². The molecule has 2 aromatic carbocycles. The topological polar surface area (TPSA) is 86.5 Å². The zero-order valence-electron chi connectivity index (χ0n) is 15.0. The third kappa shape index (κ3) is 5.75. The molecule has 1 N–H and O–H groups in total. The van der Waals surface area contributed by atoms with E-state index in [4.69, 9.17) is 13.9 Å². The quantitative estimate of drug-likeness (QED) is 0.592. The van der Waals surface area contributed by atoms with Gasteiger partial charge in [-0.25, -0.2) is 0 Å². The Balaban J connectivity index is 1.45. The minimum absolute atomic E-state index is 0.139. The molecule has 1 amide bonds. The Bertz CT molecular complexity index is 896. The molecule has 1 aromatic heterocycles. The molecule has 140 valence electrons. The maximum Gasteiger partial charge on any atom is 0.277 e. The number of ether oxygens (including phenoxy) is 2. The minimum Gasteiger partial charge on any atom is -0.497 e. The number of benzene rings is 2. The second-order valence-corrected chi connectivity index (χ2v) is 6.56. The van der Waals surface area contributed by atoms with Gasteiger partial charge in [-0.05, 0) is 48.9 Å². The zero-order chi connectivity index (χ0) is 19.1. The van der Waals surface area contributed by atoms with Crippen LogP contribution in [0.5, 0.6) is 11.5 Å². The zero-order valence-corrected chi connectivity index (χ0v) is 15.8. The van der Waals surface area contributed by atoms with Crippen molar-refractivity contribution < 1.29 is 18.7 Å². The Morgan fingerprint density at radius 3 is 2.67 bits per heavy atom. The number of anilines is 1. The molecule has 1 heterocycles. The van der Waals surface area contributed by atoms with Crippen molar-refractivity contribution in [1.29, 1.82) is 0 Å². The number of aryl methyl sites for hydroxylation is 1. The van der Waals surface area contributed by atoms with E-state index in [0.717, 1.165) is 17.0 Å². The SMILES string of the molecule is COc1ccc(OCc2nnc(SCC(=O)Nc3cccc(C)c3)o2)cc1. The Morgan fingerprint density at radius 1 is 1.15 bits per heavy atom. The highest BCUT2D eigenvalue weighted by atomic mass is 32.2. The van der Waals surface area contributed by atoms with E-state index in [0.29, 0.717) is 16.9 Å². The third-order valence-electron chi connectivity index (χ3n) is 3.50. The number of methoxy groups -OCH3 is 1. The molecule has 8 heteroatoms. The second kappa shape index (κ2) is 9.09. The van der Waals surface area contributed by atoms with Crippen LogP contribution < -0.4 is 14.8 Å². The molecule has 3 rings (SSSR count). The molecule has 0 unspecified atom stereocenters. The fourth-order valence-corrected chi connectivity index (χ4v) is 2.80. The molecular weight excluding hydrogens is 366 g/mol. The van der Waals surface area contributed by atoms with Crippen molar-refractivity contribution in [2.45, 2.75) is 18.8 Å². The molecule has 0 aliphatic carbocycles. The summed E-state index contributed by atoms with van der Waals surface area (Å²) in [5.74, 6) is 1.80. The largest absolute Gasteiger partial charge is 0.497 e. The molecule has 0 spiro atoms. The summed E-state index contributed by atoms with van der Waals surface area (Å²) in [6, 6.07) is 14.8. The number of amides is 1. The lowest BCUT2D eigenvalue weighted by molar-refractivity contribution is -0.113. The highest BCUT2D eigenvalue weighted by molar-refractivity contribution is 7.99. The van der Waals surface area contributed by atoms with Crippen molar-refractivity contribution in [3.05, 3.63) is 60.0 Å². The van der Waals surface area contributed by atoms with E-state index in [1.54, 1.807) is 31.4 Å². The van der Waals surface area contributed by atoms with Crippen molar-refractivity contribution in [2.24, 2.45) is 0 Å². The van der Waals surface area contributed by atoms with Crippen molar-refractivity contribution in [3.63, 3.8) is 0 Å². The lowest BCUT2D eigenvalue weighted by Gasteiger charge is -2.05. The molecule has 0 fully saturated rings. The number of nitrogens with one attached hydrogen (secondary N) is 1. The van der Waals surface area contributed by atoms with Crippen LogP contribution in [0.2, 0.25) is 0 Å². The normalized spacial score (nSPS) is 10.4. The van der Waals surface area contributed by atoms with E-state index >= 15 is 0 Å². The number of carbonyl (C=O) groups excluding carboxylic acids is 1. The van der Waals surface area contributed by atoms with Gasteiger partial charge >= 0.3 is 0 Å². The van der Waals surface area contributed by atoms with Crippen LogP contribution in [0.4, 0.5) is 5.69 Å². The van der Waals surface area contributed by atoms with Gasteiger partial charge < -0.3 is 19.2 Å². The summed E-state index contributed by atoms with van der Waals surface area (Å²) < 4.78 is 16.2. The van der Waals surface area contributed by atoms with E-state index < -0.39 is 0 Å². The summed E-state index contributed by atoms with van der Waals surface area (Å²) in [4.78, 5) is 12.0. The number of thioether (sulfide) groups is 1. The van der Waals surface area contributed by atoms with Gasteiger partial charge in [0.15, 0.2) is 6.61 Å². The lowest BCUT2D eigenvalue weighted by Crippen LogP contribution is -2.13. The number of hydrogen-bond acceptors (Lipinski definition) is 7. The van der Waals surface area contributed by atoms with Crippen LogP contribution >= 0.6 is 11.8 Å². The molecule has 0 bridgehead atoms. The van der Waals surface area contributed by atoms with Crippen LogP contribution in [0.25, 0.3) is 0 Å². The van der Waals surface area contributed by atoms with Crippen LogP contribution in [0, 0.1) is 6.92 Å². The first-order valence-electron chi connectivity index (χ1n) is 8.21. The van der Waals surface area contributed by atoms with Gasteiger partial charge in [-0.1, -0.05) is 23.9 Å². The molecule has 0 atom stereocenters. The minimum atomic E-state index is -0.139. The van der Waals surface area contributed by atoms with Gasteiger partial charge in [-0.2, -0.15) is 0 Å². The van der Waals surface area contributed by atoms with Crippen molar-refractivity contribution >= 4 is 23.4 Å². The van der Waals surface area contributed by atoms with Gasteiger partial charge in [-0.15, -0.1) is 10.2 Å². The third-order valence-corrected chi connectivity index (χ3v) is 4.32. The summed E-state index contributed by atoms with van der Waals surface area (Å²) >= 11 is 1.18. The van der Waals surface area contributed by atoms with Crippen molar-refractivity contribution in [1.82, 2.24) is 10.2 Å². The monoisotopic (exact) mass is 385 g/mol. The van der Waals surface area contributed by atoms with E-state index in [1.165, 1.54) is 11.8 Å². The van der Waals surface area contributed by atoms with Gasteiger partial charge in [0.05, 0.1) is 12.9 Å². The first-order chi connectivity index (χ1) is 13.1. The van der Waals surface area contributed by atoms with Gasteiger partial charge in [0, 0.05) is 5.69 Å². The fraction of sp³-hybridized carbons (Fsp3) is 0.211. The van der Waals surface area contributed by atoms with Gasteiger partial charge in [-0.3, -0.25) is 4.79 Å². The fourth-order valence-electron chi connectivity index (χ4n) is 2.22. The Hall–Kier alpha value is -3.00. The predicted molar refractivity (Wildman–Crippen MR) is 102 cm³/mol. The van der Waals surface area contributed by atoms with Crippen LogP contribution in [0.15, 0.2) is 58.2 Å². The number of rotatable bonds is 8. The van der Waals surface area contributed by atoms with E-state index in [2.05, 4.69) is 15.5 Å². The number of hydrogen-bond donors (Lipinski definition) is 1. The van der Waals surface area contributed by atoms with Crippen LogP contribution in [0.3, 0.4) is 0 Å². The summed E-state index contributed by atoms with van der Waals surface area (Å²) in [6.45, 7) is 2.12. The average Bonchev–Trinajstić information content (AvgIpc) is 3.13. The average molecular weight is 385 g/mol. The number of carbonyl (C=O) groups is 1. The number of nitrogens with zero attached hydrogens (tertiary/aromatic N) is 2. The Labute approximate surface area is 161 Å². The van der Waals surface area contributed by atoms with E-state index in [1.807, 2.05) is 31.2 Å². The van der Waals surface area contributed by atoms with Crippen LogP contribution in [0.1, 0.15) is 11.5 Å². The van der Waals surface area contributed by atoms with Gasteiger partial charge in [0.2, 0.25) is 5.91 Å². The maximum absolute atomic E-state index is 12.0. The summed E-state index contributed by atoms with van der Waals surface area (Å²) in [7, 11) is 1.61. The Morgan fingerprint density at radius 2 is 1.93 bits per heavy atom. The highest BCUT2D eigenvalue weighted by Crippen LogP contribution is 2.20. The van der Waals surface area contributed by atoms with Gasteiger partial charge in [0.25, 0.3) is 11.1 Å². The second-order valence-electron chi connectivity index (χ2n) is 5.63. The molecule has 7 nitrogen and oxygen atoms in total. The standard InChI is InChI=1S/C19H19N3O4S/c1-13-4-3-5-14(10-13)20-17(23)12-27-19-22-21-18(26-19)11-25-16-8-6-15(24-2)7-9-16/h3-10H,11-12H2,1-2H3,(H,20,23). The van der Waals surface area contributed by atoms with Gasteiger partial charge in [0.1, 0.15) is 11.5 Å². The Kier molecular flexibility index (Phi) is 6.32. The van der Waals surface area contributed by atoms with Crippen molar-refractivity contribution in [2.75, 3.05) is 18.2 Å². The smallest absolute Gasteiger partial charge is 0.277 e. The first-order valence-corrected chi connectivity index (χ1v) is 9.19. The molecule has 0 aliphatic rings. The summed E-state index contributed by atoms with van der Waals surface area (Å²) in [5, 5.41) is 11.0. The predicted octanol–water partition coefficient (Wildman–Crippen LogP) is 3.70. The maximum atomic E-state index is 12.0. The molecule has 0 saturated heterocycles. The summed E-state index contributed by atoms with van der Waals surface area (Å²) in [5.41, 5.74) is 1.85. The molecular formula is C19H19N3O4S.